The van der Waals surface area contributed by atoms with Crippen molar-refractivity contribution in [3.63, 3.8) is 0 Å². The normalized spacial score (nSPS) is 14.0. The van der Waals surface area contributed by atoms with Crippen LogP contribution >= 0.6 is 0 Å². The first-order chi connectivity index (χ1) is 14.7. The van der Waals surface area contributed by atoms with Gasteiger partial charge in [-0.1, -0.05) is 28.6 Å². The molecule has 1 amide bonds. The van der Waals surface area contributed by atoms with E-state index in [1.165, 1.54) is 0 Å². The molecule has 0 saturated carbocycles. The van der Waals surface area contributed by atoms with Crippen molar-refractivity contribution in [2.45, 2.75) is 32.7 Å². The maximum absolute atomic E-state index is 12.3. The lowest BCUT2D eigenvalue weighted by atomic mass is 10.1. The number of carbonyl (C=O) groups is 1. The molecule has 0 atom stereocenters. The van der Waals surface area contributed by atoms with Crippen molar-refractivity contribution in [1.82, 2.24) is 30.0 Å². The highest BCUT2D eigenvalue weighted by atomic mass is 16.5. The van der Waals surface area contributed by atoms with Crippen molar-refractivity contribution in [3.8, 4) is 22.8 Å². The van der Waals surface area contributed by atoms with Gasteiger partial charge in [0, 0.05) is 30.6 Å². The van der Waals surface area contributed by atoms with Crippen molar-refractivity contribution < 1.29 is 9.32 Å². The molecule has 0 N–H and O–H groups in total. The van der Waals surface area contributed by atoms with E-state index in [1.54, 1.807) is 4.68 Å². The van der Waals surface area contributed by atoms with Gasteiger partial charge in [-0.15, -0.1) is 5.10 Å². The molecule has 0 unspecified atom stereocenters. The first kappa shape index (κ1) is 18.5. The molecule has 1 saturated heterocycles. The molecule has 2 aromatic carbocycles. The van der Waals surface area contributed by atoms with Gasteiger partial charge in [0.25, 0.3) is 5.89 Å². The van der Waals surface area contributed by atoms with E-state index in [0.717, 1.165) is 53.7 Å². The zero-order valence-corrected chi connectivity index (χ0v) is 16.8. The largest absolute Gasteiger partial charge is 0.343 e. The van der Waals surface area contributed by atoms with Crippen LogP contribution in [0.4, 0.5) is 0 Å². The van der Waals surface area contributed by atoms with Crippen molar-refractivity contribution in [1.29, 1.82) is 0 Å². The minimum absolute atomic E-state index is 0.184. The highest BCUT2D eigenvalue weighted by molar-refractivity contribution is 5.80. The molecule has 8 nitrogen and oxygen atoms in total. The SMILES string of the molecule is Cc1ccccc1-c1nc(-c2ccc3c(c2)nnn3CCC(=O)N2CCCC2)no1. The number of hydrogen-bond acceptors (Lipinski definition) is 6. The first-order valence-electron chi connectivity index (χ1n) is 10.2. The summed E-state index contributed by atoms with van der Waals surface area (Å²) < 4.78 is 7.25. The summed E-state index contributed by atoms with van der Waals surface area (Å²) in [4.78, 5) is 18.8. The Bertz CT molecular complexity index is 1210. The Kier molecular flexibility index (Phi) is 4.74. The van der Waals surface area contributed by atoms with Gasteiger partial charge in [-0.2, -0.15) is 4.98 Å². The lowest BCUT2D eigenvalue weighted by Crippen LogP contribution is -2.28. The molecule has 152 valence electrons. The number of aromatic nitrogens is 5. The predicted octanol–water partition coefficient (Wildman–Crippen LogP) is 3.47. The van der Waals surface area contributed by atoms with Crippen LogP contribution < -0.4 is 0 Å². The van der Waals surface area contributed by atoms with Crippen LogP contribution in [0.15, 0.2) is 47.0 Å². The average molecular weight is 402 g/mol. The summed E-state index contributed by atoms with van der Waals surface area (Å²) in [5.41, 5.74) is 4.44. The minimum Gasteiger partial charge on any atom is -0.343 e. The monoisotopic (exact) mass is 402 g/mol. The topological polar surface area (TPSA) is 89.9 Å². The molecule has 3 heterocycles. The number of carbonyl (C=O) groups excluding carboxylic acids is 1. The van der Waals surface area contributed by atoms with Gasteiger partial charge in [-0.05, 0) is 49.6 Å². The smallest absolute Gasteiger partial charge is 0.258 e. The molecule has 0 radical (unpaired) electrons. The number of amides is 1. The summed E-state index contributed by atoms with van der Waals surface area (Å²) >= 11 is 0. The maximum atomic E-state index is 12.3. The van der Waals surface area contributed by atoms with E-state index in [4.69, 9.17) is 4.52 Å². The Morgan fingerprint density at radius 2 is 1.97 bits per heavy atom. The number of likely N-dealkylation sites (tertiary alicyclic amines) is 1. The fourth-order valence-corrected chi connectivity index (χ4v) is 3.87. The van der Waals surface area contributed by atoms with E-state index in [0.29, 0.717) is 24.7 Å². The summed E-state index contributed by atoms with van der Waals surface area (Å²) in [5, 5.41) is 12.6. The standard InChI is InChI=1S/C22H22N6O2/c1-15-6-2-3-7-17(15)22-23-21(25-30-22)16-8-9-19-18(14-16)24-26-28(19)13-10-20(29)27-11-4-5-12-27/h2-3,6-9,14H,4-5,10-13H2,1H3. The van der Waals surface area contributed by atoms with Crippen LogP contribution in [-0.4, -0.2) is 49.0 Å². The van der Waals surface area contributed by atoms with Gasteiger partial charge in [0.15, 0.2) is 0 Å². The first-order valence-corrected chi connectivity index (χ1v) is 10.2. The van der Waals surface area contributed by atoms with Gasteiger partial charge in [0.2, 0.25) is 11.7 Å². The van der Waals surface area contributed by atoms with Crippen LogP contribution in [0, 0.1) is 6.92 Å². The second kappa shape index (κ2) is 7.70. The summed E-state index contributed by atoms with van der Waals surface area (Å²) in [6, 6.07) is 13.7. The van der Waals surface area contributed by atoms with Gasteiger partial charge < -0.3 is 9.42 Å². The van der Waals surface area contributed by atoms with Crippen LogP contribution in [0.1, 0.15) is 24.8 Å². The Labute approximate surface area is 173 Å². The van der Waals surface area contributed by atoms with E-state index in [-0.39, 0.29) is 5.91 Å². The van der Waals surface area contributed by atoms with Crippen molar-refractivity contribution in [3.05, 3.63) is 48.0 Å². The number of nitrogens with zero attached hydrogens (tertiary/aromatic N) is 6. The second-order valence-corrected chi connectivity index (χ2v) is 7.59. The number of aryl methyl sites for hydroxylation is 2. The van der Waals surface area contributed by atoms with Gasteiger partial charge in [0.05, 0.1) is 12.1 Å². The molecule has 4 aromatic rings. The van der Waals surface area contributed by atoms with Crippen LogP contribution in [0.25, 0.3) is 33.9 Å². The van der Waals surface area contributed by atoms with E-state index in [2.05, 4.69) is 20.5 Å². The van der Waals surface area contributed by atoms with Gasteiger partial charge >= 0.3 is 0 Å². The Morgan fingerprint density at radius 3 is 2.80 bits per heavy atom. The van der Waals surface area contributed by atoms with Crippen LogP contribution in [0.2, 0.25) is 0 Å². The highest BCUT2D eigenvalue weighted by Gasteiger charge is 2.18. The fourth-order valence-electron chi connectivity index (χ4n) is 3.87. The lowest BCUT2D eigenvalue weighted by Gasteiger charge is -2.14. The molecule has 1 fully saturated rings. The van der Waals surface area contributed by atoms with Crippen LogP contribution in [0.3, 0.4) is 0 Å². The Hall–Kier alpha value is -3.55. The second-order valence-electron chi connectivity index (χ2n) is 7.59. The third kappa shape index (κ3) is 3.45. The molecular formula is C22H22N6O2. The van der Waals surface area contributed by atoms with Gasteiger partial charge in [0.1, 0.15) is 5.52 Å². The molecular weight excluding hydrogens is 380 g/mol. The number of benzene rings is 2. The van der Waals surface area contributed by atoms with Gasteiger partial charge in [-0.3, -0.25) is 4.79 Å². The molecule has 5 rings (SSSR count). The Balaban J connectivity index is 1.35. The Morgan fingerprint density at radius 1 is 1.13 bits per heavy atom. The minimum atomic E-state index is 0.184. The van der Waals surface area contributed by atoms with Crippen LogP contribution in [-0.2, 0) is 11.3 Å². The van der Waals surface area contributed by atoms with E-state index >= 15 is 0 Å². The third-order valence-electron chi connectivity index (χ3n) is 5.57. The number of rotatable bonds is 5. The molecule has 1 aliphatic heterocycles. The number of hydrogen-bond donors (Lipinski definition) is 0. The summed E-state index contributed by atoms with van der Waals surface area (Å²) in [7, 11) is 0. The number of fused-ring (bicyclic) bond motifs is 1. The molecule has 8 heteroatoms. The van der Waals surface area contributed by atoms with Crippen molar-refractivity contribution in [2.24, 2.45) is 0 Å². The molecule has 2 aromatic heterocycles. The van der Waals surface area contributed by atoms with Gasteiger partial charge in [-0.25, -0.2) is 4.68 Å². The third-order valence-corrected chi connectivity index (χ3v) is 5.57. The molecule has 0 aliphatic carbocycles. The molecule has 0 bridgehead atoms. The van der Waals surface area contributed by atoms with E-state index in [1.807, 2.05) is 54.3 Å². The zero-order valence-electron chi connectivity index (χ0n) is 16.8. The molecule has 0 spiro atoms. The van der Waals surface area contributed by atoms with E-state index in [9.17, 15) is 4.79 Å². The summed E-state index contributed by atoms with van der Waals surface area (Å²) in [6.45, 7) is 4.27. The summed E-state index contributed by atoms with van der Waals surface area (Å²) in [5.74, 6) is 1.18. The molecule has 1 aliphatic rings. The van der Waals surface area contributed by atoms with Crippen molar-refractivity contribution in [2.75, 3.05) is 13.1 Å². The zero-order chi connectivity index (χ0) is 20.5. The average Bonchev–Trinajstić information content (AvgIpc) is 3.53. The predicted molar refractivity (Wildman–Crippen MR) is 111 cm³/mol. The maximum Gasteiger partial charge on any atom is 0.258 e. The van der Waals surface area contributed by atoms with E-state index < -0.39 is 0 Å². The van der Waals surface area contributed by atoms with Crippen LogP contribution in [0.5, 0.6) is 0 Å². The quantitative estimate of drug-likeness (QED) is 0.508. The molecule has 30 heavy (non-hydrogen) atoms. The lowest BCUT2D eigenvalue weighted by molar-refractivity contribution is -0.130. The van der Waals surface area contributed by atoms with Crippen molar-refractivity contribution >= 4 is 16.9 Å². The summed E-state index contributed by atoms with van der Waals surface area (Å²) in [6.07, 6.45) is 2.63. The fraction of sp³-hybridized carbons (Fsp3) is 0.318. The highest BCUT2D eigenvalue weighted by Crippen LogP contribution is 2.26.